The normalized spacial score (nSPS) is 15.1. The lowest BCUT2D eigenvalue weighted by atomic mass is 10.1. The van der Waals surface area contributed by atoms with Crippen molar-refractivity contribution < 1.29 is 14.3 Å². The molecule has 0 aliphatic carbocycles. The maximum Gasteiger partial charge on any atom is 0.246 e. The third-order valence-corrected chi connectivity index (χ3v) is 5.50. The Bertz CT molecular complexity index is 1060. The molecule has 1 aliphatic heterocycles. The first kappa shape index (κ1) is 20.1. The second-order valence-electron chi connectivity index (χ2n) is 7.03. The highest BCUT2D eigenvalue weighted by atomic mass is 32.1. The van der Waals surface area contributed by atoms with Gasteiger partial charge in [-0.1, -0.05) is 30.3 Å². The Balaban J connectivity index is 1.39. The van der Waals surface area contributed by atoms with E-state index in [9.17, 15) is 4.79 Å². The summed E-state index contributed by atoms with van der Waals surface area (Å²) >= 11 is 1.46. The molecule has 2 aromatic carbocycles. The van der Waals surface area contributed by atoms with E-state index in [0.717, 1.165) is 45.3 Å². The molecule has 0 unspecified atom stereocenters. The number of hydrogen-bond donors (Lipinski definition) is 1. The zero-order valence-corrected chi connectivity index (χ0v) is 17.7. The highest BCUT2D eigenvalue weighted by Crippen LogP contribution is 2.34. The van der Waals surface area contributed by atoms with Gasteiger partial charge in [0.25, 0.3) is 0 Å². The van der Waals surface area contributed by atoms with E-state index in [0.29, 0.717) is 6.61 Å². The van der Waals surface area contributed by atoms with Crippen molar-refractivity contribution in [3.05, 3.63) is 64.0 Å². The Kier molecular flexibility index (Phi) is 6.09. The minimum Gasteiger partial charge on any atom is -0.493 e. The van der Waals surface area contributed by atoms with Crippen molar-refractivity contribution >= 4 is 23.5 Å². The molecule has 1 aromatic heterocycles. The number of fused-ring (bicyclic) bond motifs is 1. The van der Waals surface area contributed by atoms with Gasteiger partial charge >= 0.3 is 0 Å². The summed E-state index contributed by atoms with van der Waals surface area (Å²) in [7, 11) is 0. The summed E-state index contributed by atoms with van der Waals surface area (Å²) in [6.45, 7) is 4.53. The van der Waals surface area contributed by atoms with Gasteiger partial charge in [-0.2, -0.15) is 5.10 Å². The molecular formula is C23H23N3O3S. The molecule has 4 rings (SSSR count). The lowest BCUT2D eigenvalue weighted by Gasteiger charge is -2.09. The highest BCUT2D eigenvalue weighted by molar-refractivity contribution is 7.10. The Hall–Kier alpha value is -3.19. The Morgan fingerprint density at radius 3 is 3.00 bits per heavy atom. The number of nitrogens with one attached hydrogen (secondary N) is 1. The van der Waals surface area contributed by atoms with Crippen LogP contribution in [-0.2, 0) is 17.6 Å². The average molecular weight is 422 g/mol. The lowest BCUT2D eigenvalue weighted by Crippen LogP contribution is -2.19. The van der Waals surface area contributed by atoms with Crippen LogP contribution in [0.3, 0.4) is 0 Å². The van der Waals surface area contributed by atoms with Gasteiger partial charge < -0.3 is 9.47 Å². The molecule has 0 spiro atoms. The number of carbonyl (C=O) groups excluding carboxylic acids is 1. The number of amides is 1. The van der Waals surface area contributed by atoms with E-state index in [1.54, 1.807) is 6.21 Å². The summed E-state index contributed by atoms with van der Waals surface area (Å²) in [5.74, 6) is 1.36. The zero-order chi connectivity index (χ0) is 20.9. The van der Waals surface area contributed by atoms with E-state index in [1.807, 2.05) is 61.7 Å². The Morgan fingerprint density at radius 2 is 2.20 bits per heavy atom. The van der Waals surface area contributed by atoms with Crippen LogP contribution < -0.4 is 14.9 Å². The number of ether oxygens (including phenoxy) is 2. The summed E-state index contributed by atoms with van der Waals surface area (Å²) in [4.78, 5) is 16.8. The molecule has 0 radical (unpaired) electrons. The second kappa shape index (κ2) is 9.09. The number of nitrogens with zero attached hydrogens (tertiary/aromatic N) is 2. The van der Waals surface area contributed by atoms with Crippen LogP contribution in [0.5, 0.6) is 11.5 Å². The van der Waals surface area contributed by atoms with E-state index < -0.39 is 0 Å². The van der Waals surface area contributed by atoms with Crippen LogP contribution in [0.1, 0.15) is 30.0 Å². The van der Waals surface area contributed by atoms with Crippen molar-refractivity contribution in [1.82, 2.24) is 10.4 Å². The third-order valence-electron chi connectivity index (χ3n) is 4.65. The smallest absolute Gasteiger partial charge is 0.246 e. The molecule has 3 aromatic rings. The summed E-state index contributed by atoms with van der Waals surface area (Å²) in [5.41, 5.74) is 6.39. The van der Waals surface area contributed by atoms with Gasteiger partial charge in [-0.25, -0.2) is 10.4 Å². The van der Waals surface area contributed by atoms with Crippen molar-refractivity contribution in [3.8, 4) is 22.8 Å². The minimum absolute atomic E-state index is 0.153. The van der Waals surface area contributed by atoms with Gasteiger partial charge in [0.15, 0.2) is 0 Å². The third kappa shape index (κ3) is 4.68. The predicted octanol–water partition coefficient (Wildman–Crippen LogP) is 4.23. The average Bonchev–Trinajstić information content (AvgIpc) is 3.34. The standard InChI is InChI=1S/C23H23N3O3S/c1-3-28-20-10-17-9-15(2)29-21(17)11-18(20)13-24-26-22(27)12-23-25-19(14-30-23)16-7-5-4-6-8-16/h4-8,10-11,13-15H,3,9,12H2,1-2H3,(H,26,27)/b24-13-/t15-/m0/s1. The zero-order valence-electron chi connectivity index (χ0n) is 16.9. The molecule has 1 N–H and O–H groups in total. The van der Waals surface area contributed by atoms with Crippen molar-refractivity contribution in [2.75, 3.05) is 6.61 Å². The summed E-state index contributed by atoms with van der Waals surface area (Å²) in [6.07, 6.45) is 2.79. The fraction of sp³-hybridized carbons (Fsp3) is 0.261. The van der Waals surface area contributed by atoms with Gasteiger partial charge in [0.05, 0.1) is 24.9 Å². The minimum atomic E-state index is -0.218. The first-order valence-corrected chi connectivity index (χ1v) is 10.8. The van der Waals surface area contributed by atoms with Gasteiger partial charge in [-0.15, -0.1) is 11.3 Å². The summed E-state index contributed by atoms with van der Waals surface area (Å²) in [6, 6.07) is 13.8. The van der Waals surface area contributed by atoms with E-state index in [2.05, 4.69) is 15.5 Å². The predicted molar refractivity (Wildman–Crippen MR) is 118 cm³/mol. The van der Waals surface area contributed by atoms with Crippen molar-refractivity contribution in [3.63, 3.8) is 0 Å². The van der Waals surface area contributed by atoms with Gasteiger partial charge in [-0.05, 0) is 26.0 Å². The summed E-state index contributed by atoms with van der Waals surface area (Å²) in [5, 5.41) is 6.81. The van der Waals surface area contributed by atoms with Crippen LogP contribution >= 0.6 is 11.3 Å². The van der Waals surface area contributed by atoms with Crippen LogP contribution in [0.4, 0.5) is 0 Å². The second-order valence-corrected chi connectivity index (χ2v) is 7.97. The molecule has 1 atom stereocenters. The number of rotatable bonds is 7. The molecule has 1 aliphatic rings. The first-order valence-electron chi connectivity index (χ1n) is 9.90. The largest absolute Gasteiger partial charge is 0.493 e. The van der Waals surface area contributed by atoms with Gasteiger partial charge in [0.2, 0.25) is 5.91 Å². The molecule has 30 heavy (non-hydrogen) atoms. The maximum atomic E-state index is 12.3. The quantitative estimate of drug-likeness (QED) is 0.458. The first-order chi connectivity index (χ1) is 14.6. The fourth-order valence-corrected chi connectivity index (χ4v) is 4.12. The van der Waals surface area contributed by atoms with Crippen LogP contribution in [-0.4, -0.2) is 29.8 Å². The molecule has 0 saturated carbocycles. The maximum absolute atomic E-state index is 12.3. The van der Waals surface area contributed by atoms with Gasteiger partial charge in [-0.3, -0.25) is 4.79 Å². The molecule has 0 saturated heterocycles. The summed E-state index contributed by atoms with van der Waals surface area (Å²) < 4.78 is 11.5. The fourth-order valence-electron chi connectivity index (χ4n) is 3.32. The number of benzene rings is 2. The van der Waals surface area contributed by atoms with Crippen molar-refractivity contribution in [1.29, 1.82) is 0 Å². The molecule has 2 heterocycles. The molecule has 154 valence electrons. The monoisotopic (exact) mass is 421 g/mol. The number of thiazole rings is 1. The SMILES string of the molecule is CCOc1cc2c(cc1/C=N\NC(=O)Cc1nc(-c3ccccc3)cs1)O[C@@H](C)C2. The molecule has 6 nitrogen and oxygen atoms in total. The lowest BCUT2D eigenvalue weighted by molar-refractivity contribution is -0.120. The van der Waals surface area contributed by atoms with Gasteiger partial charge in [0.1, 0.15) is 22.6 Å². The van der Waals surface area contributed by atoms with E-state index >= 15 is 0 Å². The van der Waals surface area contributed by atoms with Crippen molar-refractivity contribution in [2.24, 2.45) is 5.10 Å². The number of hydrazone groups is 1. The Labute approximate surface area is 179 Å². The van der Waals surface area contributed by atoms with Crippen LogP contribution in [0, 0.1) is 0 Å². The molecule has 7 heteroatoms. The number of carbonyl (C=O) groups is 1. The topological polar surface area (TPSA) is 72.8 Å². The molecule has 0 fully saturated rings. The van der Waals surface area contributed by atoms with E-state index in [-0.39, 0.29) is 18.4 Å². The van der Waals surface area contributed by atoms with Crippen LogP contribution in [0.15, 0.2) is 52.9 Å². The van der Waals surface area contributed by atoms with Gasteiger partial charge in [0, 0.05) is 28.5 Å². The molecule has 1 amide bonds. The van der Waals surface area contributed by atoms with E-state index in [4.69, 9.17) is 9.47 Å². The molecule has 0 bridgehead atoms. The molecular weight excluding hydrogens is 398 g/mol. The number of aromatic nitrogens is 1. The Morgan fingerprint density at radius 1 is 1.37 bits per heavy atom. The van der Waals surface area contributed by atoms with Crippen LogP contribution in [0.25, 0.3) is 11.3 Å². The highest BCUT2D eigenvalue weighted by Gasteiger charge is 2.21. The van der Waals surface area contributed by atoms with Crippen molar-refractivity contribution in [2.45, 2.75) is 32.8 Å². The number of hydrogen-bond acceptors (Lipinski definition) is 6. The van der Waals surface area contributed by atoms with E-state index in [1.165, 1.54) is 11.3 Å². The van der Waals surface area contributed by atoms with Crippen LogP contribution in [0.2, 0.25) is 0 Å².